The predicted octanol–water partition coefficient (Wildman–Crippen LogP) is 0.857. The van der Waals surface area contributed by atoms with Crippen LogP contribution in [-0.4, -0.2) is 372 Å². The number of hydrogen-bond donors (Lipinski definition) is 16. The Balaban J connectivity index is 0.0000257. The molecule has 2 aromatic heterocycles. The molecule has 4 aromatic carbocycles. The Morgan fingerprint density at radius 1 is 0.407 bits per heavy atom. The van der Waals surface area contributed by atoms with Gasteiger partial charge in [-0.3, -0.25) is 120 Å². The minimum atomic E-state index is -1.64. The van der Waals surface area contributed by atoms with Crippen LogP contribution in [0.15, 0.2) is 72.8 Å². The average molecular weight is 2180 g/mol. The molecule has 6 aromatic rings. The van der Waals surface area contributed by atoms with E-state index in [1.807, 2.05) is 52.0 Å². The fraction of sp³-hybridized carbons (Fsp3) is 0.536. The van der Waals surface area contributed by atoms with Crippen molar-refractivity contribution in [2.24, 2.45) is 35.0 Å². The van der Waals surface area contributed by atoms with E-state index in [-0.39, 0.29) is 210 Å². The normalized spacial score (nSPS) is 15.8. The Hall–Kier alpha value is -13.1. The molecule has 0 spiro atoms. The molecule has 10 amide bonds. The van der Waals surface area contributed by atoms with Crippen molar-refractivity contribution in [3.8, 4) is 57.1 Å². The quantitative estimate of drug-likeness (QED) is 0.0252. The molecule has 3 aliphatic rings. The number of phenols is 4. The van der Waals surface area contributed by atoms with Gasteiger partial charge < -0.3 is 94.4 Å². The third-order valence-corrected chi connectivity index (χ3v) is 25.6. The minimum absolute atomic E-state index is 0. The fourth-order valence-corrected chi connectivity index (χ4v) is 17.7. The maximum Gasteiger partial charge on any atom is 0.320 e. The summed E-state index contributed by atoms with van der Waals surface area (Å²) in [5.41, 5.74) is 20.8. The maximum absolute atomic E-state index is 14.8. The second-order valence-corrected chi connectivity index (χ2v) is 37.1. The minimum Gasteiger partial charge on any atom is -0.508 e. The van der Waals surface area contributed by atoms with Gasteiger partial charge in [0, 0.05) is 267 Å². The first-order valence-electron chi connectivity index (χ1n) is 48.3. The largest absolute Gasteiger partial charge is 0.508 e. The van der Waals surface area contributed by atoms with E-state index in [0.717, 1.165) is 11.1 Å². The number of Topliss-reactive ketones (excluding diaryl/α,β-unsaturated/α-hetero) is 3. The number of nitrogens with one attached hydrogen (secondary N) is 5. The SMILES string of the molecule is CCNC(=O)c1nnc(-c2cc(C(C)C)c(O)cc2O)n1-c1ccc(CN2CCN(C(=O)C[C@H](NC(=O)CCNC(=O)[C@@H](CCC(N)=O)CC(=O)[C@@H](CCC(N)=O)NC(=O)[C@@H](CCC(N)=O)CC(=O)CC[C@H](C(=O)O)N3CCN(CC(=O)O)CCN(CC(=O)O)CCN(CC(=O)O)CC3)C(=O)C[C@H](C)C(=O)N3CCN(Cc4ccc(-n5c(C(=O)NCC)nnc5-c5cc(C(C)C)c(O)cc5O)cc4)CC3)CC2)cc1.[Lu]. The zero-order valence-corrected chi connectivity index (χ0v) is 84.1. The Kier molecular flexibility index (Phi) is 45.6. The number of rotatable bonds is 52. The molecule has 47 nitrogen and oxygen atoms in total. The van der Waals surface area contributed by atoms with E-state index in [1.165, 1.54) is 40.9 Å². The van der Waals surface area contributed by atoms with Crippen molar-refractivity contribution in [3.05, 3.63) is 107 Å². The van der Waals surface area contributed by atoms with Crippen molar-refractivity contribution in [2.75, 3.05) is 144 Å². The molecule has 145 heavy (non-hydrogen) atoms. The first kappa shape index (κ1) is 117. The number of benzene rings is 4. The molecule has 5 heterocycles. The summed E-state index contributed by atoms with van der Waals surface area (Å²) < 4.78 is 3.03. The van der Waals surface area contributed by atoms with Gasteiger partial charge in [0.25, 0.3) is 11.8 Å². The van der Waals surface area contributed by atoms with Crippen molar-refractivity contribution in [1.82, 2.24) is 95.3 Å². The van der Waals surface area contributed by atoms with Crippen LogP contribution < -0.4 is 43.8 Å². The summed E-state index contributed by atoms with van der Waals surface area (Å²) in [6.07, 6.45) is -6.58. The van der Waals surface area contributed by atoms with Gasteiger partial charge in [0.2, 0.25) is 58.9 Å². The monoisotopic (exact) mass is 2180 g/mol. The Labute approximate surface area is 867 Å². The third-order valence-electron chi connectivity index (χ3n) is 25.6. The van der Waals surface area contributed by atoms with Crippen LogP contribution in [0.2, 0.25) is 0 Å². The molecule has 9 rings (SSSR count). The van der Waals surface area contributed by atoms with E-state index < -0.39 is 227 Å². The van der Waals surface area contributed by atoms with Crippen molar-refractivity contribution < 1.29 is 159 Å². The molecule has 6 atom stereocenters. The second kappa shape index (κ2) is 56.4. The number of aromatic hydroxyl groups is 4. The van der Waals surface area contributed by atoms with E-state index >= 15 is 0 Å². The van der Waals surface area contributed by atoms with Crippen LogP contribution >= 0.6 is 0 Å². The van der Waals surface area contributed by atoms with Crippen LogP contribution in [0, 0.1) is 54.6 Å². The fourth-order valence-electron chi connectivity index (χ4n) is 17.7. The Bertz CT molecular complexity index is 5550. The van der Waals surface area contributed by atoms with E-state index in [4.69, 9.17) is 17.2 Å². The summed E-state index contributed by atoms with van der Waals surface area (Å²) in [4.78, 5) is 242. The number of aliphatic carboxylic acids is 4. The molecule has 0 saturated carbocycles. The number of nitrogens with two attached hydrogens (primary N) is 3. The number of aromatic nitrogens is 6. The molecule has 3 aliphatic heterocycles. The van der Waals surface area contributed by atoms with Crippen molar-refractivity contribution in [2.45, 2.75) is 175 Å². The van der Waals surface area contributed by atoms with Crippen molar-refractivity contribution in [3.63, 3.8) is 0 Å². The summed E-state index contributed by atoms with van der Waals surface area (Å²) in [7, 11) is 0. The number of carbonyl (C=O) groups is 17. The standard InChI is InChI=1S/C97H134N22O25.Lu/c1-8-101-94(140)90-108-106-88(69-47-67(57(3)4)74(121)50-76(69)123)118(90)64-16-10-60(11-17-64)52-110-34-40-116(41-35-110)84(131)49-72(78(125)44-59(7)96(142)117-42-36-111(37-43-117)53-61-12-18-65(19-13-61)119-89(107-109-91(119)95(141)102-9-2)70-48-68(58(5)6)75(122)51-77(70)124)104-83(130)26-27-103-92(138)63(15-24-81(99)128)46-79(126)71(21-25-82(100)129)105-93(139)62(14-23-80(98)127)45-66(120)20-22-73(97(143)144)115-38-32-113(55-86(134)135)30-28-112(54-85(132)133)29-31-114(33-39-115)56-87(136)137;/h10-13,16-19,47-48,50-51,57-59,62-63,71-73,121-124H,8-9,14-15,20-46,49,52-56H2,1-7H3,(H2,98,127)(H2,99,128)(H2,100,129)(H,101,140)(H,102,141)(H,103,138)(H,104,130)(H,105,139)(H,132,133)(H,134,135)(H,136,137)(H,143,144);/t59-,62-,63-,71+,72-,73+;/m0./s1. The number of amides is 10. The van der Waals surface area contributed by atoms with Gasteiger partial charge >= 0.3 is 23.9 Å². The average Bonchev–Trinajstić information content (AvgIpc) is 1.64. The molecular formula is C97H134LuN22O25. The molecular weight excluding hydrogens is 2050 g/mol. The summed E-state index contributed by atoms with van der Waals surface area (Å²) in [5.74, 6) is -19.5. The molecule has 48 heteroatoms. The van der Waals surface area contributed by atoms with Gasteiger partial charge in [0.1, 0.15) is 34.8 Å². The zero-order valence-electron chi connectivity index (χ0n) is 82.5. The molecule has 19 N–H and O–H groups in total. The smallest absolute Gasteiger partial charge is 0.320 e. The van der Waals surface area contributed by atoms with Gasteiger partial charge in [-0.2, -0.15) is 0 Å². The second-order valence-electron chi connectivity index (χ2n) is 37.1. The number of hydrogen-bond acceptors (Lipinski definition) is 31. The van der Waals surface area contributed by atoms with Gasteiger partial charge in [-0.1, -0.05) is 58.9 Å². The predicted molar refractivity (Wildman–Crippen MR) is 519 cm³/mol. The van der Waals surface area contributed by atoms with Crippen LogP contribution in [-0.2, 0) is 85.0 Å². The molecule has 3 saturated heterocycles. The molecule has 3 fully saturated rings. The number of primary amides is 3. The van der Waals surface area contributed by atoms with Gasteiger partial charge in [0.05, 0.1) is 49.3 Å². The van der Waals surface area contributed by atoms with E-state index in [1.54, 1.807) is 67.0 Å². The van der Waals surface area contributed by atoms with Crippen LogP contribution in [0.1, 0.15) is 187 Å². The van der Waals surface area contributed by atoms with Crippen LogP contribution in [0.3, 0.4) is 0 Å². The molecule has 0 unspecified atom stereocenters. The molecule has 0 aliphatic carbocycles. The Morgan fingerprint density at radius 2 is 0.807 bits per heavy atom. The molecule has 0 bridgehead atoms. The topological polar surface area (TPSA) is 678 Å². The number of carbonyl (C=O) groups excluding carboxylic acids is 13. The first-order valence-corrected chi connectivity index (χ1v) is 48.3. The third kappa shape index (κ3) is 35.1. The van der Waals surface area contributed by atoms with Gasteiger partial charge in [-0.15, -0.1) is 20.4 Å². The van der Waals surface area contributed by atoms with Crippen molar-refractivity contribution in [1.29, 1.82) is 0 Å². The van der Waals surface area contributed by atoms with Crippen LogP contribution in [0.25, 0.3) is 34.2 Å². The Morgan fingerprint density at radius 3 is 1.21 bits per heavy atom. The molecule has 797 valence electrons. The summed E-state index contributed by atoms with van der Waals surface area (Å²) in [5, 5.41) is 114. The first-order chi connectivity index (χ1) is 68.4. The molecule has 1 radical (unpaired) electrons. The van der Waals surface area contributed by atoms with Crippen LogP contribution in [0.4, 0.5) is 0 Å². The number of phenolic OH excluding ortho intramolecular Hbond substituents is 4. The number of carboxylic acid groups (broad SMARTS) is 4. The van der Waals surface area contributed by atoms with E-state index in [2.05, 4.69) is 56.8 Å². The summed E-state index contributed by atoms with van der Waals surface area (Å²) in [6, 6.07) is 15.5. The van der Waals surface area contributed by atoms with Crippen LogP contribution in [0.5, 0.6) is 23.0 Å². The summed E-state index contributed by atoms with van der Waals surface area (Å²) >= 11 is 0. The maximum atomic E-state index is 14.8. The van der Waals surface area contributed by atoms with Gasteiger partial charge in [-0.25, -0.2) is 0 Å². The van der Waals surface area contributed by atoms with E-state index in [9.17, 15) is 122 Å². The number of piperazine rings is 2. The van der Waals surface area contributed by atoms with E-state index in [0.29, 0.717) is 68.3 Å². The van der Waals surface area contributed by atoms with Crippen molar-refractivity contribution >= 4 is 100 Å². The summed E-state index contributed by atoms with van der Waals surface area (Å²) in [6.45, 7) is 14.2. The zero-order chi connectivity index (χ0) is 105. The van der Waals surface area contributed by atoms with Gasteiger partial charge in [0.15, 0.2) is 23.2 Å². The van der Waals surface area contributed by atoms with Gasteiger partial charge in [-0.05, 0) is 110 Å². The number of ketones is 3. The number of carboxylic acids is 4. The number of nitrogens with zero attached hydrogens (tertiary/aromatic N) is 14.